The van der Waals surface area contributed by atoms with Crippen LogP contribution in [0.3, 0.4) is 0 Å². The van der Waals surface area contributed by atoms with Crippen LogP contribution < -0.4 is 11.1 Å². The molecule has 0 radical (unpaired) electrons. The quantitative estimate of drug-likeness (QED) is 0.677. The molecule has 0 atom stereocenters. The van der Waals surface area contributed by atoms with Crippen LogP contribution in [0.15, 0.2) is 12.1 Å². The van der Waals surface area contributed by atoms with E-state index >= 15 is 0 Å². The van der Waals surface area contributed by atoms with Crippen molar-refractivity contribution in [3.8, 4) is 0 Å². The second kappa shape index (κ2) is 5.74. The molecule has 0 saturated heterocycles. The maximum absolute atomic E-state index is 11.5. The Balaban J connectivity index is 2.52. The van der Waals surface area contributed by atoms with Crippen LogP contribution in [0.2, 0.25) is 0 Å². The summed E-state index contributed by atoms with van der Waals surface area (Å²) in [6.07, 6.45) is 0. The Morgan fingerprint density at radius 2 is 2.06 bits per heavy atom. The Bertz CT molecular complexity index is 512. The second-order valence-corrected chi connectivity index (χ2v) is 6.00. The van der Waals surface area contributed by atoms with Crippen molar-refractivity contribution >= 4 is 21.7 Å². The summed E-state index contributed by atoms with van der Waals surface area (Å²) in [5.41, 5.74) is 5.06. The number of anilines is 1. The van der Waals surface area contributed by atoms with Crippen molar-refractivity contribution < 1.29 is 13.2 Å². The van der Waals surface area contributed by atoms with Crippen molar-refractivity contribution in [2.24, 2.45) is 5.73 Å². The lowest BCUT2D eigenvalue weighted by Gasteiger charge is -2.11. The van der Waals surface area contributed by atoms with Gasteiger partial charge in [0.05, 0.1) is 5.75 Å². The van der Waals surface area contributed by atoms with E-state index in [2.05, 4.69) is 15.5 Å². The summed E-state index contributed by atoms with van der Waals surface area (Å²) in [6, 6.07) is 2.92. The van der Waals surface area contributed by atoms with Gasteiger partial charge in [-0.2, -0.15) is 0 Å². The molecule has 0 aliphatic heterocycles. The summed E-state index contributed by atoms with van der Waals surface area (Å²) in [5.74, 6) is -0.336. The van der Waals surface area contributed by atoms with E-state index in [1.807, 2.05) is 0 Å². The lowest BCUT2D eigenvalue weighted by atomic mass is 10.4. The van der Waals surface area contributed by atoms with E-state index in [1.165, 1.54) is 26.2 Å². The summed E-state index contributed by atoms with van der Waals surface area (Å²) in [7, 11) is -0.303. The first kappa shape index (κ1) is 14.3. The number of nitrogens with two attached hydrogens (primary N) is 1. The number of carbonyl (C=O) groups is 1. The molecular formula is C9H15N5O3S. The number of sulfonamides is 1. The molecule has 0 saturated carbocycles. The maximum atomic E-state index is 11.5. The van der Waals surface area contributed by atoms with Crippen LogP contribution in [0.25, 0.3) is 0 Å². The van der Waals surface area contributed by atoms with Crippen LogP contribution in [0.5, 0.6) is 0 Å². The molecular weight excluding hydrogens is 258 g/mol. The van der Waals surface area contributed by atoms with E-state index in [0.717, 1.165) is 4.31 Å². The molecule has 3 N–H and O–H groups in total. The summed E-state index contributed by atoms with van der Waals surface area (Å²) in [4.78, 5) is 10.7. The molecule has 8 nitrogen and oxygen atoms in total. The molecule has 1 amide bonds. The Labute approximate surface area is 105 Å². The van der Waals surface area contributed by atoms with Gasteiger partial charge in [0.25, 0.3) is 5.91 Å². The zero-order chi connectivity index (χ0) is 13.8. The number of hydrogen-bond acceptors (Lipinski definition) is 6. The Kier molecular flexibility index (Phi) is 4.56. The van der Waals surface area contributed by atoms with Gasteiger partial charge in [-0.05, 0) is 12.1 Å². The molecule has 0 fully saturated rings. The van der Waals surface area contributed by atoms with Crippen LogP contribution >= 0.6 is 0 Å². The monoisotopic (exact) mass is 273 g/mol. The van der Waals surface area contributed by atoms with E-state index in [9.17, 15) is 13.2 Å². The molecule has 0 aromatic carbocycles. The first-order valence-corrected chi connectivity index (χ1v) is 6.71. The standard InChI is InChI=1S/C9H15N5O3S/c1-14(2)18(16,17)6-5-11-8-4-3-7(9(10)15)12-13-8/h3-4H,5-6H2,1-2H3,(H2,10,15)(H,11,13). The number of rotatable bonds is 6. The van der Waals surface area contributed by atoms with E-state index in [4.69, 9.17) is 5.73 Å². The first-order chi connectivity index (χ1) is 8.33. The fourth-order valence-electron chi connectivity index (χ4n) is 1.05. The summed E-state index contributed by atoms with van der Waals surface area (Å²) >= 11 is 0. The van der Waals surface area contributed by atoms with Crippen LogP contribution in [-0.4, -0.2) is 55.2 Å². The highest BCUT2D eigenvalue weighted by Crippen LogP contribution is 2.02. The van der Waals surface area contributed by atoms with Crippen molar-refractivity contribution in [1.82, 2.24) is 14.5 Å². The number of amides is 1. The minimum Gasteiger partial charge on any atom is -0.368 e. The highest BCUT2D eigenvalue weighted by atomic mass is 32.2. The number of carbonyl (C=O) groups excluding carboxylic acids is 1. The third kappa shape index (κ3) is 3.93. The van der Waals surface area contributed by atoms with Crippen molar-refractivity contribution in [2.45, 2.75) is 0 Å². The van der Waals surface area contributed by atoms with Gasteiger partial charge in [0.2, 0.25) is 10.0 Å². The SMILES string of the molecule is CN(C)S(=O)(=O)CCNc1ccc(C(N)=O)nn1. The van der Waals surface area contributed by atoms with Crippen molar-refractivity contribution in [3.63, 3.8) is 0 Å². The third-order valence-corrected chi connectivity index (χ3v) is 3.97. The zero-order valence-corrected chi connectivity index (χ0v) is 10.9. The lowest BCUT2D eigenvalue weighted by Crippen LogP contribution is -2.28. The summed E-state index contributed by atoms with van der Waals surface area (Å²) in [5, 5.41) is 10.1. The molecule has 100 valence electrons. The highest BCUT2D eigenvalue weighted by molar-refractivity contribution is 7.89. The average Bonchev–Trinajstić information content (AvgIpc) is 2.29. The van der Waals surface area contributed by atoms with Gasteiger partial charge < -0.3 is 11.1 Å². The Morgan fingerprint density at radius 3 is 2.50 bits per heavy atom. The van der Waals surface area contributed by atoms with Crippen molar-refractivity contribution in [2.75, 3.05) is 31.7 Å². The molecule has 9 heteroatoms. The van der Waals surface area contributed by atoms with Gasteiger partial charge in [-0.15, -0.1) is 10.2 Å². The van der Waals surface area contributed by atoms with Gasteiger partial charge >= 0.3 is 0 Å². The molecule has 1 rings (SSSR count). The average molecular weight is 273 g/mol. The number of aromatic nitrogens is 2. The van der Waals surface area contributed by atoms with Gasteiger partial charge in [-0.25, -0.2) is 12.7 Å². The molecule has 1 heterocycles. The largest absolute Gasteiger partial charge is 0.368 e. The number of nitrogens with zero attached hydrogens (tertiary/aromatic N) is 3. The van der Waals surface area contributed by atoms with Gasteiger partial charge in [-0.1, -0.05) is 0 Å². The molecule has 0 spiro atoms. The van der Waals surface area contributed by atoms with Crippen molar-refractivity contribution in [3.05, 3.63) is 17.8 Å². The Morgan fingerprint density at radius 1 is 1.39 bits per heavy atom. The van der Waals surface area contributed by atoms with E-state index in [0.29, 0.717) is 5.82 Å². The molecule has 1 aromatic rings. The topological polar surface area (TPSA) is 118 Å². The van der Waals surface area contributed by atoms with E-state index in [1.54, 1.807) is 0 Å². The molecule has 0 bridgehead atoms. The van der Waals surface area contributed by atoms with E-state index < -0.39 is 15.9 Å². The molecule has 0 aliphatic carbocycles. The number of primary amides is 1. The predicted octanol–water partition coefficient (Wildman–Crippen LogP) is -1.12. The molecule has 1 aromatic heterocycles. The normalized spacial score (nSPS) is 11.5. The number of hydrogen-bond donors (Lipinski definition) is 2. The van der Waals surface area contributed by atoms with Crippen LogP contribution in [0, 0.1) is 0 Å². The highest BCUT2D eigenvalue weighted by Gasteiger charge is 2.12. The smallest absolute Gasteiger partial charge is 0.269 e. The minimum atomic E-state index is -3.24. The second-order valence-electron chi connectivity index (χ2n) is 3.69. The van der Waals surface area contributed by atoms with Gasteiger partial charge in [0.15, 0.2) is 5.69 Å². The van der Waals surface area contributed by atoms with Crippen molar-refractivity contribution in [1.29, 1.82) is 0 Å². The lowest BCUT2D eigenvalue weighted by molar-refractivity contribution is 0.0994. The van der Waals surface area contributed by atoms with E-state index in [-0.39, 0.29) is 18.0 Å². The van der Waals surface area contributed by atoms with Gasteiger partial charge in [0, 0.05) is 20.6 Å². The fourth-order valence-corrected chi connectivity index (χ4v) is 1.77. The summed E-state index contributed by atoms with van der Waals surface area (Å²) < 4.78 is 24.1. The van der Waals surface area contributed by atoms with Crippen LogP contribution in [0.1, 0.15) is 10.5 Å². The maximum Gasteiger partial charge on any atom is 0.269 e. The molecule has 0 unspecified atom stereocenters. The Hall–Kier alpha value is -1.74. The predicted molar refractivity (Wildman–Crippen MR) is 66.5 cm³/mol. The molecule has 0 aliphatic rings. The number of nitrogens with one attached hydrogen (secondary N) is 1. The van der Waals surface area contributed by atoms with Crippen LogP contribution in [0.4, 0.5) is 5.82 Å². The molecule has 18 heavy (non-hydrogen) atoms. The third-order valence-electron chi connectivity index (χ3n) is 2.14. The van der Waals surface area contributed by atoms with Gasteiger partial charge in [-0.3, -0.25) is 4.79 Å². The summed E-state index contributed by atoms with van der Waals surface area (Å²) in [6.45, 7) is 0.200. The van der Waals surface area contributed by atoms with Gasteiger partial charge in [0.1, 0.15) is 5.82 Å². The fraction of sp³-hybridized carbons (Fsp3) is 0.444. The first-order valence-electron chi connectivity index (χ1n) is 5.10. The minimum absolute atomic E-state index is 0.0563. The zero-order valence-electron chi connectivity index (χ0n) is 10.1. The van der Waals surface area contributed by atoms with Crippen LogP contribution in [-0.2, 0) is 10.0 Å².